The van der Waals surface area contributed by atoms with E-state index in [1.165, 1.54) is 18.0 Å². The Morgan fingerprint density at radius 2 is 1.89 bits per heavy atom. The van der Waals surface area contributed by atoms with Crippen LogP contribution in [0.3, 0.4) is 0 Å². The summed E-state index contributed by atoms with van der Waals surface area (Å²) in [7, 11) is 0. The predicted octanol–water partition coefficient (Wildman–Crippen LogP) is 4.33. The van der Waals surface area contributed by atoms with Crippen molar-refractivity contribution in [2.75, 3.05) is 30.4 Å². The van der Waals surface area contributed by atoms with Crippen LogP contribution in [0.25, 0.3) is 0 Å². The highest BCUT2D eigenvalue weighted by molar-refractivity contribution is 9.11. The lowest BCUT2D eigenvalue weighted by atomic mass is 9.84. The number of fused-ring (bicyclic) bond motifs is 3. The second kappa shape index (κ2) is 11.7. The van der Waals surface area contributed by atoms with Gasteiger partial charge in [-0.3, -0.25) is 4.90 Å². The van der Waals surface area contributed by atoms with E-state index in [0.717, 1.165) is 49.7 Å². The molecule has 1 aromatic heterocycles. The smallest absolute Gasteiger partial charge is 0.415 e. The van der Waals surface area contributed by atoms with Crippen molar-refractivity contribution in [3.05, 3.63) is 81.0 Å². The molecule has 0 saturated carbocycles. The number of hydrogen-bond acceptors (Lipinski definition) is 4. The molecule has 0 spiro atoms. The number of ether oxygens (including phenoxy) is 1. The molecule has 3 aliphatic rings. The number of carbonyl (C=O) groups excluding carboxylic acids is 1. The Bertz CT molecular complexity index is 1130. The largest absolute Gasteiger partial charge is 1.00 e. The molecule has 1 amide bonds. The Morgan fingerprint density at radius 1 is 1.11 bits per heavy atom. The third kappa shape index (κ3) is 6.44. The molecule has 3 aromatic rings. The summed E-state index contributed by atoms with van der Waals surface area (Å²) < 4.78 is 8.40. The van der Waals surface area contributed by atoms with Crippen LogP contribution in [0.2, 0.25) is 0 Å². The number of hydrogen-bond donors (Lipinski definition) is 0. The normalized spacial score (nSPS) is 22.9. The maximum absolute atomic E-state index is 13.6. The zero-order valence-corrected chi connectivity index (χ0v) is 23.7. The van der Waals surface area contributed by atoms with Crippen LogP contribution in [0.5, 0.6) is 0 Å². The van der Waals surface area contributed by atoms with Crippen molar-refractivity contribution in [2.24, 2.45) is 5.92 Å². The first-order valence-corrected chi connectivity index (χ1v) is 14.4. The molecule has 2 aromatic carbocycles. The Morgan fingerprint density at radius 3 is 2.57 bits per heavy atom. The first kappa shape index (κ1) is 26.6. The topological polar surface area (TPSA) is 29.5 Å². The number of quaternary nitrogens is 1. The molecule has 1 atom stereocenters. The number of anilines is 1. The van der Waals surface area contributed by atoms with Crippen LogP contribution in [-0.4, -0.2) is 42.2 Å². The summed E-state index contributed by atoms with van der Waals surface area (Å²) in [6, 6.07) is 22.8. The second-order valence-electron chi connectivity index (χ2n) is 9.45. The highest BCUT2D eigenvalue weighted by Gasteiger charge is 2.48. The van der Waals surface area contributed by atoms with Crippen LogP contribution >= 0.6 is 39.0 Å². The number of carbonyl (C=O) groups is 1. The van der Waals surface area contributed by atoms with Gasteiger partial charge < -0.3 is 21.6 Å². The number of thioether (sulfide) groups is 1. The van der Waals surface area contributed by atoms with E-state index < -0.39 is 0 Å². The minimum atomic E-state index is -0.234. The Balaban J connectivity index is 0.00000289. The van der Waals surface area contributed by atoms with Crippen molar-refractivity contribution in [3.63, 3.8) is 0 Å². The van der Waals surface area contributed by atoms with Gasteiger partial charge in [0.15, 0.2) is 6.10 Å². The molecule has 4 heterocycles. The molecular formula is C27H30BrClN2O2S2. The summed E-state index contributed by atoms with van der Waals surface area (Å²) in [4.78, 5) is 17.8. The van der Waals surface area contributed by atoms with E-state index >= 15 is 0 Å². The number of benzene rings is 2. The lowest BCUT2D eigenvalue weighted by molar-refractivity contribution is -0.934. The molecule has 0 N–H and O–H groups in total. The maximum atomic E-state index is 13.6. The molecule has 6 rings (SSSR count). The van der Waals surface area contributed by atoms with E-state index in [2.05, 4.69) is 71.4 Å². The highest BCUT2D eigenvalue weighted by Crippen LogP contribution is 2.38. The molecule has 3 saturated heterocycles. The van der Waals surface area contributed by atoms with Crippen LogP contribution < -0.4 is 17.3 Å². The van der Waals surface area contributed by atoms with Gasteiger partial charge in [-0.1, -0.05) is 42.1 Å². The zero-order valence-electron chi connectivity index (χ0n) is 19.7. The number of thiophene rings is 1. The number of aryl methyl sites for hydroxylation is 1. The van der Waals surface area contributed by atoms with E-state index in [9.17, 15) is 4.79 Å². The summed E-state index contributed by atoms with van der Waals surface area (Å²) in [6.07, 6.45) is 2.02. The SMILES string of the molecule is Cc1cccc(N(Cc2ccc(Br)s2)C(=O)O[C@H]2C[N+]3(CSc4ccccc4)CCC2CC3)c1.[Cl-]. The summed E-state index contributed by atoms with van der Waals surface area (Å²) >= 11 is 7.12. The van der Waals surface area contributed by atoms with Crippen molar-refractivity contribution >= 4 is 50.8 Å². The monoisotopic (exact) mass is 592 g/mol. The minimum absolute atomic E-state index is 0. The van der Waals surface area contributed by atoms with E-state index in [0.29, 0.717) is 12.5 Å². The summed E-state index contributed by atoms with van der Waals surface area (Å²) in [5.41, 5.74) is 2.02. The second-order valence-corrected chi connectivity index (χ2v) is 13.0. The Kier molecular flexibility index (Phi) is 8.87. The van der Waals surface area contributed by atoms with Crippen molar-refractivity contribution in [1.82, 2.24) is 0 Å². The van der Waals surface area contributed by atoms with Gasteiger partial charge in [0.05, 0.1) is 23.4 Å². The molecule has 35 heavy (non-hydrogen) atoms. The fourth-order valence-electron chi connectivity index (χ4n) is 5.11. The first-order chi connectivity index (χ1) is 16.5. The van der Waals surface area contributed by atoms with Gasteiger partial charge in [0.2, 0.25) is 0 Å². The van der Waals surface area contributed by atoms with Crippen molar-refractivity contribution in [2.45, 2.75) is 37.3 Å². The summed E-state index contributed by atoms with van der Waals surface area (Å²) in [5.74, 6) is 1.51. The highest BCUT2D eigenvalue weighted by atomic mass is 79.9. The molecule has 2 bridgehead atoms. The van der Waals surface area contributed by atoms with Crippen LogP contribution in [-0.2, 0) is 11.3 Å². The van der Waals surface area contributed by atoms with Gasteiger partial charge >= 0.3 is 6.09 Å². The average molecular weight is 594 g/mol. The van der Waals surface area contributed by atoms with Gasteiger partial charge in [-0.2, -0.15) is 0 Å². The van der Waals surface area contributed by atoms with Crippen LogP contribution in [0.1, 0.15) is 23.3 Å². The fourth-order valence-corrected chi connectivity index (χ4v) is 7.72. The molecule has 3 aliphatic heterocycles. The molecule has 8 heteroatoms. The van der Waals surface area contributed by atoms with Crippen molar-refractivity contribution in [1.29, 1.82) is 0 Å². The molecule has 3 fully saturated rings. The van der Waals surface area contributed by atoms with Crippen LogP contribution in [0.4, 0.5) is 10.5 Å². The predicted molar refractivity (Wildman–Crippen MR) is 144 cm³/mol. The number of amides is 1. The molecule has 0 unspecified atom stereocenters. The number of rotatable bonds is 7. The van der Waals surface area contributed by atoms with E-state index in [1.54, 1.807) is 16.2 Å². The number of halogens is 2. The fraction of sp³-hybridized carbons (Fsp3) is 0.370. The molecule has 4 nitrogen and oxygen atoms in total. The molecule has 0 radical (unpaired) electrons. The maximum Gasteiger partial charge on any atom is 0.415 e. The quantitative estimate of drug-likeness (QED) is 0.302. The number of nitrogens with zero attached hydrogens (tertiary/aromatic N) is 2. The first-order valence-electron chi connectivity index (χ1n) is 11.8. The third-order valence-corrected chi connectivity index (χ3v) is 9.91. The lowest BCUT2D eigenvalue weighted by Crippen LogP contribution is -3.00. The van der Waals surface area contributed by atoms with Crippen LogP contribution in [0.15, 0.2) is 75.4 Å². The van der Waals surface area contributed by atoms with Crippen molar-refractivity contribution < 1.29 is 26.4 Å². The Labute approximate surface area is 230 Å². The lowest BCUT2D eigenvalue weighted by Gasteiger charge is -2.51. The Hall–Kier alpha value is -1.51. The van der Waals surface area contributed by atoms with Gasteiger partial charge in [-0.05, 0) is 64.8 Å². The van der Waals surface area contributed by atoms with Gasteiger partial charge in [0, 0.05) is 34.2 Å². The summed E-state index contributed by atoms with van der Waals surface area (Å²) in [6.45, 7) is 5.86. The van der Waals surface area contributed by atoms with E-state index in [4.69, 9.17) is 4.74 Å². The molecular weight excluding hydrogens is 564 g/mol. The van der Waals surface area contributed by atoms with E-state index in [-0.39, 0.29) is 24.6 Å². The third-order valence-electron chi connectivity index (χ3n) is 7.02. The standard InChI is InChI=1S/C27H30BrN2O2S2.ClH/c1-20-6-5-7-22(16-20)29(17-24-10-11-26(28)34-24)27(31)32-25-18-30(14-12-21(25)13-15-30)19-33-23-8-3-2-4-9-23;/h2-11,16,21,25H,12-15,17-19H2,1H3;1H/q+1;/p-1/t21?,25-,30?;/m0./s1. The molecule has 0 aliphatic carbocycles. The average Bonchev–Trinajstić information content (AvgIpc) is 3.27. The number of piperidine rings is 3. The van der Waals surface area contributed by atoms with Gasteiger partial charge in [-0.25, -0.2) is 4.79 Å². The van der Waals surface area contributed by atoms with Gasteiger partial charge in [0.25, 0.3) is 0 Å². The van der Waals surface area contributed by atoms with Crippen molar-refractivity contribution in [3.8, 4) is 0 Å². The summed E-state index contributed by atoms with van der Waals surface area (Å²) in [5, 5.41) is 0. The van der Waals surface area contributed by atoms with Crippen LogP contribution in [0, 0.1) is 12.8 Å². The zero-order chi connectivity index (χ0) is 23.5. The van der Waals surface area contributed by atoms with Gasteiger partial charge in [0.1, 0.15) is 12.4 Å². The van der Waals surface area contributed by atoms with Gasteiger partial charge in [-0.15, -0.1) is 11.3 Å². The van der Waals surface area contributed by atoms with E-state index in [1.807, 2.05) is 30.0 Å². The molecule has 186 valence electrons. The minimum Gasteiger partial charge on any atom is -1.00 e.